The first-order valence-electron chi connectivity index (χ1n) is 7.38. The molecule has 0 heterocycles. The minimum Gasteiger partial charge on any atom is -0.299 e. The molecule has 2 aliphatic carbocycles. The summed E-state index contributed by atoms with van der Waals surface area (Å²) >= 11 is 0. The lowest BCUT2D eigenvalue weighted by Crippen LogP contribution is -2.36. The van der Waals surface area contributed by atoms with Crippen molar-refractivity contribution in [2.75, 3.05) is 5.75 Å². The zero-order valence-corrected chi connectivity index (χ0v) is 12.3. The lowest BCUT2D eigenvalue weighted by Gasteiger charge is -2.32. The zero-order chi connectivity index (χ0) is 14.2. The molecule has 2 saturated carbocycles. The largest absolute Gasteiger partial charge is 0.299 e. The second kappa shape index (κ2) is 5.32. The summed E-state index contributed by atoms with van der Waals surface area (Å²) < 4.78 is 25.0. The van der Waals surface area contributed by atoms with Crippen molar-refractivity contribution in [1.29, 1.82) is 0 Å². The van der Waals surface area contributed by atoms with Crippen molar-refractivity contribution in [2.45, 2.75) is 37.0 Å². The van der Waals surface area contributed by atoms with Crippen molar-refractivity contribution in [1.82, 2.24) is 0 Å². The third kappa shape index (κ3) is 2.53. The van der Waals surface area contributed by atoms with Gasteiger partial charge in [-0.1, -0.05) is 31.0 Å². The van der Waals surface area contributed by atoms with Gasteiger partial charge in [-0.25, -0.2) is 8.42 Å². The summed E-state index contributed by atoms with van der Waals surface area (Å²) in [5, 5.41) is 0. The monoisotopic (exact) mass is 292 g/mol. The molecule has 108 valence electrons. The topological polar surface area (TPSA) is 51.2 Å². The first kappa shape index (κ1) is 13.8. The summed E-state index contributed by atoms with van der Waals surface area (Å²) in [6.45, 7) is 0. The van der Waals surface area contributed by atoms with Crippen molar-refractivity contribution >= 4 is 15.6 Å². The molecule has 0 saturated heterocycles. The number of Topliss-reactive ketones (excluding diaryl/α,β-unsaturated/α-hetero) is 1. The Balaban J connectivity index is 1.84. The number of hydrogen-bond acceptors (Lipinski definition) is 3. The number of fused-ring (bicyclic) bond motifs is 1. The molecule has 3 rings (SSSR count). The van der Waals surface area contributed by atoms with Crippen LogP contribution in [-0.2, 0) is 14.6 Å². The van der Waals surface area contributed by atoms with Gasteiger partial charge in [0.15, 0.2) is 9.84 Å². The van der Waals surface area contributed by atoms with Crippen LogP contribution in [0.5, 0.6) is 0 Å². The number of rotatable bonds is 3. The summed E-state index contributed by atoms with van der Waals surface area (Å²) in [5.74, 6) is 0.754. The van der Waals surface area contributed by atoms with Crippen molar-refractivity contribution in [3.05, 3.63) is 30.3 Å². The minimum atomic E-state index is -3.35. The fraction of sp³-hybridized carbons (Fsp3) is 0.562. The molecule has 0 bridgehead atoms. The van der Waals surface area contributed by atoms with Crippen LogP contribution < -0.4 is 0 Å². The highest BCUT2D eigenvalue weighted by molar-refractivity contribution is 7.91. The van der Waals surface area contributed by atoms with E-state index >= 15 is 0 Å². The maximum Gasteiger partial charge on any atom is 0.179 e. The Morgan fingerprint density at radius 3 is 2.55 bits per heavy atom. The highest BCUT2D eigenvalue weighted by Crippen LogP contribution is 2.44. The number of hydrogen-bond donors (Lipinski definition) is 0. The van der Waals surface area contributed by atoms with E-state index in [1.165, 1.54) is 6.42 Å². The van der Waals surface area contributed by atoms with Crippen LogP contribution in [-0.4, -0.2) is 20.0 Å². The number of ketones is 1. The number of sulfone groups is 1. The highest BCUT2D eigenvalue weighted by Gasteiger charge is 2.42. The van der Waals surface area contributed by atoms with E-state index in [1.807, 2.05) is 0 Å². The molecular formula is C16H20O3S. The summed E-state index contributed by atoms with van der Waals surface area (Å²) in [5.41, 5.74) is 0. The van der Waals surface area contributed by atoms with Gasteiger partial charge in [-0.05, 0) is 36.8 Å². The third-order valence-electron chi connectivity index (χ3n) is 4.91. The van der Waals surface area contributed by atoms with Gasteiger partial charge in [0.2, 0.25) is 0 Å². The number of benzene rings is 1. The second-order valence-electron chi connectivity index (χ2n) is 6.06. The Morgan fingerprint density at radius 2 is 1.80 bits per heavy atom. The lowest BCUT2D eigenvalue weighted by molar-refractivity contribution is -0.126. The summed E-state index contributed by atoms with van der Waals surface area (Å²) in [6, 6.07) is 8.50. The maximum absolute atomic E-state index is 12.5. The molecule has 0 radical (unpaired) electrons. The Kier molecular flexibility index (Phi) is 3.67. The van der Waals surface area contributed by atoms with Crippen molar-refractivity contribution < 1.29 is 13.2 Å². The molecule has 0 aliphatic heterocycles. The van der Waals surface area contributed by atoms with Gasteiger partial charge >= 0.3 is 0 Å². The van der Waals surface area contributed by atoms with Crippen LogP contribution in [0.2, 0.25) is 0 Å². The molecule has 1 aromatic carbocycles. The van der Waals surface area contributed by atoms with Crippen molar-refractivity contribution in [3.8, 4) is 0 Å². The van der Waals surface area contributed by atoms with Crippen LogP contribution in [0.1, 0.15) is 32.1 Å². The SMILES string of the molecule is O=C1CCC2CCCC2C1CS(=O)(=O)c1ccccc1. The summed E-state index contributed by atoms with van der Waals surface area (Å²) in [6.07, 6.45) is 4.86. The molecule has 2 fully saturated rings. The smallest absolute Gasteiger partial charge is 0.179 e. The Bertz CT molecular complexity index is 591. The number of carbonyl (C=O) groups excluding carboxylic acids is 1. The van der Waals surface area contributed by atoms with E-state index in [0.717, 1.165) is 19.3 Å². The zero-order valence-electron chi connectivity index (χ0n) is 11.5. The minimum absolute atomic E-state index is 0.00296. The Morgan fingerprint density at radius 1 is 1.05 bits per heavy atom. The second-order valence-corrected chi connectivity index (χ2v) is 8.10. The highest BCUT2D eigenvalue weighted by atomic mass is 32.2. The Hall–Kier alpha value is -1.16. The van der Waals surface area contributed by atoms with Gasteiger partial charge < -0.3 is 0 Å². The van der Waals surface area contributed by atoms with E-state index in [-0.39, 0.29) is 17.5 Å². The molecule has 0 aromatic heterocycles. The van der Waals surface area contributed by atoms with E-state index in [4.69, 9.17) is 0 Å². The van der Waals surface area contributed by atoms with Gasteiger partial charge in [0.05, 0.1) is 10.6 Å². The molecule has 20 heavy (non-hydrogen) atoms. The van der Waals surface area contributed by atoms with Gasteiger partial charge in [0.25, 0.3) is 0 Å². The van der Waals surface area contributed by atoms with E-state index in [9.17, 15) is 13.2 Å². The molecular weight excluding hydrogens is 272 g/mol. The van der Waals surface area contributed by atoms with Crippen LogP contribution in [0.25, 0.3) is 0 Å². The van der Waals surface area contributed by atoms with E-state index in [1.54, 1.807) is 30.3 Å². The van der Waals surface area contributed by atoms with Gasteiger partial charge in [-0.2, -0.15) is 0 Å². The summed E-state index contributed by atoms with van der Waals surface area (Å²) in [7, 11) is -3.35. The molecule has 0 amide bonds. The van der Waals surface area contributed by atoms with Crippen LogP contribution in [0.15, 0.2) is 35.2 Å². The van der Waals surface area contributed by atoms with Crippen LogP contribution in [0.4, 0.5) is 0 Å². The molecule has 3 unspecified atom stereocenters. The first-order chi connectivity index (χ1) is 9.58. The van der Waals surface area contributed by atoms with E-state index < -0.39 is 9.84 Å². The van der Waals surface area contributed by atoms with Crippen molar-refractivity contribution in [3.63, 3.8) is 0 Å². The lowest BCUT2D eigenvalue weighted by atomic mass is 9.74. The fourth-order valence-corrected chi connectivity index (χ4v) is 5.55. The first-order valence-corrected chi connectivity index (χ1v) is 9.04. The van der Waals surface area contributed by atoms with Crippen LogP contribution in [0.3, 0.4) is 0 Å². The molecule has 0 spiro atoms. The predicted octanol–water partition coefficient (Wildman–Crippen LogP) is 2.86. The van der Waals surface area contributed by atoms with Gasteiger partial charge in [0.1, 0.15) is 5.78 Å². The van der Waals surface area contributed by atoms with E-state index in [0.29, 0.717) is 23.2 Å². The standard InChI is InChI=1S/C16H20O3S/c17-16-10-9-12-5-4-8-14(12)15(16)11-20(18,19)13-6-2-1-3-7-13/h1-3,6-7,12,14-15H,4-5,8-11H2. The normalized spacial score (nSPS) is 30.2. The van der Waals surface area contributed by atoms with Gasteiger partial charge in [-0.3, -0.25) is 4.79 Å². The molecule has 4 heteroatoms. The van der Waals surface area contributed by atoms with Gasteiger partial charge in [-0.15, -0.1) is 0 Å². The van der Waals surface area contributed by atoms with E-state index in [2.05, 4.69) is 0 Å². The Labute approximate surface area is 120 Å². The van der Waals surface area contributed by atoms with Crippen LogP contribution >= 0.6 is 0 Å². The fourth-order valence-electron chi connectivity index (χ4n) is 3.88. The molecule has 2 aliphatic rings. The maximum atomic E-state index is 12.5. The molecule has 1 aromatic rings. The predicted molar refractivity (Wildman–Crippen MR) is 77.1 cm³/mol. The molecule has 0 N–H and O–H groups in total. The molecule has 3 atom stereocenters. The third-order valence-corrected chi connectivity index (χ3v) is 6.70. The number of carbonyl (C=O) groups is 1. The quantitative estimate of drug-likeness (QED) is 0.860. The average molecular weight is 292 g/mol. The summed E-state index contributed by atoms with van der Waals surface area (Å²) in [4.78, 5) is 12.5. The van der Waals surface area contributed by atoms with Gasteiger partial charge in [0, 0.05) is 12.3 Å². The van der Waals surface area contributed by atoms with Crippen molar-refractivity contribution in [2.24, 2.45) is 17.8 Å². The van der Waals surface area contributed by atoms with Crippen LogP contribution in [0, 0.1) is 17.8 Å². The average Bonchev–Trinajstić information content (AvgIpc) is 2.92. The molecule has 3 nitrogen and oxygen atoms in total.